The Morgan fingerprint density at radius 3 is 2.62 bits per heavy atom. The molecular weight excluding hydrogens is 285 g/mol. The number of halogens is 3. The summed E-state index contributed by atoms with van der Waals surface area (Å²) in [6.07, 6.45) is -2.76. The van der Waals surface area contributed by atoms with Gasteiger partial charge in [-0.2, -0.15) is 18.2 Å². The van der Waals surface area contributed by atoms with Crippen molar-refractivity contribution in [3.8, 4) is 23.0 Å². The smallest absolute Gasteiger partial charge is 0.398 e. The molecule has 3 aromatic rings. The van der Waals surface area contributed by atoms with Gasteiger partial charge in [-0.3, -0.25) is 0 Å². The lowest BCUT2D eigenvalue weighted by Crippen LogP contribution is -2.06. The minimum Gasteiger partial charge on any atom is -0.398 e. The topological polar surface area (TPSA) is 80.7 Å². The quantitative estimate of drug-likeness (QED) is 0.710. The highest BCUT2D eigenvalue weighted by atomic mass is 19.4. The van der Waals surface area contributed by atoms with Gasteiger partial charge in [0.25, 0.3) is 5.89 Å². The van der Waals surface area contributed by atoms with E-state index in [1.807, 2.05) is 0 Å². The van der Waals surface area contributed by atoms with Crippen molar-refractivity contribution in [1.82, 2.24) is 15.1 Å². The highest BCUT2D eigenvalue weighted by Crippen LogP contribution is 2.34. The van der Waals surface area contributed by atoms with E-state index in [1.54, 1.807) is 18.3 Å². The summed E-state index contributed by atoms with van der Waals surface area (Å²) in [6, 6.07) is 6.48. The Morgan fingerprint density at radius 2 is 2.00 bits per heavy atom. The summed E-state index contributed by atoms with van der Waals surface area (Å²) < 4.78 is 42.8. The second-order valence-electron chi connectivity index (χ2n) is 4.31. The van der Waals surface area contributed by atoms with E-state index in [-0.39, 0.29) is 17.1 Å². The lowest BCUT2D eigenvalue weighted by Gasteiger charge is -2.08. The normalized spacial score (nSPS) is 11.8. The van der Waals surface area contributed by atoms with Crippen molar-refractivity contribution in [2.45, 2.75) is 6.18 Å². The first-order chi connectivity index (χ1) is 9.95. The van der Waals surface area contributed by atoms with Crippen molar-refractivity contribution in [3.63, 3.8) is 0 Å². The Bertz CT molecular complexity index is 762. The van der Waals surface area contributed by atoms with Crippen LogP contribution in [0, 0.1) is 0 Å². The summed E-state index contributed by atoms with van der Waals surface area (Å²) in [4.78, 5) is 7.00. The summed E-state index contributed by atoms with van der Waals surface area (Å²) in [7, 11) is 0. The van der Waals surface area contributed by atoms with Gasteiger partial charge >= 0.3 is 6.18 Å². The number of hydrogen-bond acceptors (Lipinski definition) is 4. The van der Waals surface area contributed by atoms with Crippen molar-refractivity contribution in [3.05, 3.63) is 42.1 Å². The van der Waals surface area contributed by atoms with E-state index in [0.717, 1.165) is 12.1 Å². The zero-order chi connectivity index (χ0) is 15.0. The summed E-state index contributed by atoms with van der Waals surface area (Å²) in [5.74, 6) is 0.361. The van der Waals surface area contributed by atoms with Gasteiger partial charge in [-0.1, -0.05) is 5.16 Å². The molecule has 0 amide bonds. The summed E-state index contributed by atoms with van der Waals surface area (Å²) >= 11 is 0. The molecule has 0 aliphatic carbocycles. The second kappa shape index (κ2) is 4.65. The van der Waals surface area contributed by atoms with Crippen molar-refractivity contribution in [2.75, 3.05) is 5.73 Å². The number of aromatic nitrogens is 3. The number of rotatable bonds is 2. The van der Waals surface area contributed by atoms with Gasteiger partial charge in [0.05, 0.1) is 16.8 Å². The molecule has 0 saturated heterocycles. The number of H-pyrrole nitrogens is 1. The molecule has 3 N–H and O–H groups in total. The van der Waals surface area contributed by atoms with Crippen LogP contribution in [0.15, 0.2) is 41.1 Å². The van der Waals surface area contributed by atoms with E-state index < -0.39 is 11.7 Å². The number of benzene rings is 1. The molecule has 0 saturated carbocycles. The van der Waals surface area contributed by atoms with Gasteiger partial charge in [0.15, 0.2) is 0 Å². The summed E-state index contributed by atoms with van der Waals surface area (Å²) in [5, 5.41) is 3.75. The summed E-state index contributed by atoms with van der Waals surface area (Å²) in [6.45, 7) is 0. The fourth-order valence-electron chi connectivity index (χ4n) is 1.85. The first kappa shape index (κ1) is 13.2. The van der Waals surface area contributed by atoms with Crippen LogP contribution < -0.4 is 5.73 Å². The Morgan fingerprint density at radius 1 is 1.19 bits per heavy atom. The molecule has 0 spiro atoms. The van der Waals surface area contributed by atoms with E-state index >= 15 is 0 Å². The number of nitrogens with zero attached hydrogens (tertiary/aromatic N) is 2. The van der Waals surface area contributed by atoms with E-state index in [4.69, 9.17) is 10.3 Å². The minimum atomic E-state index is -4.45. The highest BCUT2D eigenvalue weighted by molar-refractivity contribution is 5.72. The molecule has 0 aliphatic heterocycles. The van der Waals surface area contributed by atoms with Crippen LogP contribution in [-0.4, -0.2) is 15.1 Å². The maximum atomic E-state index is 12.6. The van der Waals surface area contributed by atoms with Crippen LogP contribution in [0.3, 0.4) is 0 Å². The first-order valence-electron chi connectivity index (χ1n) is 5.90. The fraction of sp³-hybridized carbons (Fsp3) is 0.0769. The average Bonchev–Trinajstić information content (AvgIpc) is 3.08. The van der Waals surface area contributed by atoms with Crippen LogP contribution in [0.25, 0.3) is 23.0 Å². The standard InChI is InChI=1S/C13H9F3N4O/c14-13(15,16)7-3-4-8(9(17)6-7)12-19-11(20-21-12)10-2-1-5-18-10/h1-6,18H,17H2. The molecule has 21 heavy (non-hydrogen) atoms. The van der Waals surface area contributed by atoms with Crippen LogP contribution in [0.5, 0.6) is 0 Å². The fourth-order valence-corrected chi connectivity index (χ4v) is 1.85. The third kappa shape index (κ3) is 2.47. The first-order valence-corrected chi connectivity index (χ1v) is 5.90. The Hall–Kier alpha value is -2.77. The SMILES string of the molecule is Nc1cc(C(F)(F)F)ccc1-c1nc(-c2ccc[nH]2)no1. The molecule has 2 aromatic heterocycles. The van der Waals surface area contributed by atoms with Gasteiger partial charge in [0.2, 0.25) is 5.82 Å². The van der Waals surface area contributed by atoms with E-state index in [2.05, 4.69) is 15.1 Å². The van der Waals surface area contributed by atoms with Gasteiger partial charge in [0, 0.05) is 11.9 Å². The molecule has 0 bridgehead atoms. The predicted molar refractivity (Wildman–Crippen MR) is 68.9 cm³/mol. The second-order valence-corrected chi connectivity index (χ2v) is 4.31. The molecular formula is C13H9F3N4O. The highest BCUT2D eigenvalue weighted by Gasteiger charge is 2.31. The van der Waals surface area contributed by atoms with Gasteiger partial charge in [-0.15, -0.1) is 0 Å². The Labute approximate surface area is 116 Å². The van der Waals surface area contributed by atoms with Gasteiger partial charge in [-0.05, 0) is 30.3 Å². The predicted octanol–water partition coefficient (Wildman–Crippen LogP) is 3.33. The van der Waals surface area contributed by atoms with Crippen LogP contribution in [0.4, 0.5) is 18.9 Å². The molecule has 3 rings (SSSR count). The Balaban J connectivity index is 1.98. The molecule has 1 aromatic carbocycles. The number of alkyl halides is 3. The maximum Gasteiger partial charge on any atom is 0.416 e. The van der Waals surface area contributed by atoms with Crippen LogP contribution in [0.2, 0.25) is 0 Å². The van der Waals surface area contributed by atoms with Crippen molar-refractivity contribution in [2.24, 2.45) is 0 Å². The number of nitrogens with two attached hydrogens (primary N) is 1. The number of nitrogen functional groups attached to an aromatic ring is 1. The molecule has 0 aliphatic rings. The average molecular weight is 294 g/mol. The maximum absolute atomic E-state index is 12.6. The van der Waals surface area contributed by atoms with E-state index in [0.29, 0.717) is 11.5 Å². The number of nitrogens with one attached hydrogen (secondary N) is 1. The molecule has 0 fully saturated rings. The monoisotopic (exact) mass is 294 g/mol. The van der Waals surface area contributed by atoms with Crippen molar-refractivity contribution >= 4 is 5.69 Å². The van der Waals surface area contributed by atoms with Gasteiger partial charge in [0.1, 0.15) is 0 Å². The molecule has 8 heteroatoms. The molecule has 0 atom stereocenters. The van der Waals surface area contributed by atoms with Gasteiger partial charge in [-0.25, -0.2) is 0 Å². The van der Waals surface area contributed by atoms with Crippen LogP contribution >= 0.6 is 0 Å². The zero-order valence-electron chi connectivity index (χ0n) is 10.5. The molecule has 0 unspecified atom stereocenters. The molecule has 0 radical (unpaired) electrons. The van der Waals surface area contributed by atoms with E-state index in [1.165, 1.54) is 6.07 Å². The Kier molecular flexibility index (Phi) is 2.93. The zero-order valence-corrected chi connectivity index (χ0v) is 10.5. The van der Waals surface area contributed by atoms with Gasteiger partial charge < -0.3 is 15.2 Å². The third-order valence-corrected chi connectivity index (χ3v) is 2.87. The summed E-state index contributed by atoms with van der Waals surface area (Å²) in [5.41, 5.74) is 5.63. The minimum absolute atomic E-state index is 0.0609. The lowest BCUT2D eigenvalue weighted by atomic mass is 10.1. The van der Waals surface area contributed by atoms with Crippen molar-refractivity contribution < 1.29 is 17.7 Å². The van der Waals surface area contributed by atoms with E-state index in [9.17, 15) is 13.2 Å². The number of aromatic amines is 1. The van der Waals surface area contributed by atoms with Crippen molar-refractivity contribution in [1.29, 1.82) is 0 Å². The lowest BCUT2D eigenvalue weighted by molar-refractivity contribution is -0.137. The molecule has 5 nitrogen and oxygen atoms in total. The number of hydrogen-bond donors (Lipinski definition) is 2. The number of anilines is 1. The molecule has 2 heterocycles. The third-order valence-electron chi connectivity index (χ3n) is 2.87. The largest absolute Gasteiger partial charge is 0.416 e. The van der Waals surface area contributed by atoms with Crippen LogP contribution in [0.1, 0.15) is 5.56 Å². The molecule has 108 valence electrons. The van der Waals surface area contributed by atoms with Crippen LogP contribution in [-0.2, 0) is 6.18 Å².